The summed E-state index contributed by atoms with van der Waals surface area (Å²) >= 11 is 13.8. The molecule has 0 spiro atoms. The molecule has 0 N–H and O–H groups in total. The van der Waals surface area contributed by atoms with Crippen LogP contribution >= 0.6 is 34.5 Å². The molecule has 0 bridgehead atoms. The molecule has 7 nitrogen and oxygen atoms in total. The van der Waals surface area contributed by atoms with Crippen LogP contribution in [-0.4, -0.2) is 30.4 Å². The Hall–Kier alpha value is -3.33. The molecule has 0 saturated heterocycles. The first kappa shape index (κ1) is 27.7. The molecule has 38 heavy (non-hydrogen) atoms. The number of benzene rings is 2. The van der Waals surface area contributed by atoms with Gasteiger partial charge in [0.25, 0.3) is 5.56 Å². The maximum Gasteiger partial charge on any atom is 0.338 e. The number of halogens is 2. The fourth-order valence-electron chi connectivity index (χ4n) is 4.14. The molecule has 0 fully saturated rings. The van der Waals surface area contributed by atoms with E-state index in [1.807, 2.05) is 31.2 Å². The van der Waals surface area contributed by atoms with E-state index in [0.717, 1.165) is 5.56 Å². The molecule has 1 aromatic heterocycles. The molecule has 1 atom stereocenters. The number of carbonyl (C=O) groups excluding carboxylic acids is 1. The molecular weight excluding hydrogens is 547 g/mol. The lowest BCUT2D eigenvalue weighted by Crippen LogP contribution is -2.39. The van der Waals surface area contributed by atoms with Crippen molar-refractivity contribution in [1.29, 1.82) is 0 Å². The van der Waals surface area contributed by atoms with E-state index in [0.29, 0.717) is 54.3 Å². The van der Waals surface area contributed by atoms with Gasteiger partial charge in [0.15, 0.2) is 4.80 Å². The highest BCUT2D eigenvalue weighted by atomic mass is 35.5. The lowest BCUT2D eigenvalue weighted by Gasteiger charge is -2.24. The van der Waals surface area contributed by atoms with Gasteiger partial charge in [-0.3, -0.25) is 9.36 Å². The Balaban J connectivity index is 1.93. The molecular formula is C28H26Cl2N2O5S. The number of aromatic nitrogens is 1. The summed E-state index contributed by atoms with van der Waals surface area (Å²) in [6.07, 6.45) is 3.26. The molecule has 1 aliphatic rings. The largest absolute Gasteiger partial charge is 0.494 e. The van der Waals surface area contributed by atoms with E-state index < -0.39 is 12.0 Å². The Kier molecular flexibility index (Phi) is 8.76. The number of allylic oxidation sites excluding steroid dienone is 1. The van der Waals surface area contributed by atoms with Crippen molar-refractivity contribution in [2.75, 3.05) is 19.8 Å². The van der Waals surface area contributed by atoms with Crippen LogP contribution in [0.2, 0.25) is 10.0 Å². The van der Waals surface area contributed by atoms with Crippen molar-refractivity contribution >= 4 is 46.6 Å². The first-order valence-electron chi connectivity index (χ1n) is 11.9. The summed E-state index contributed by atoms with van der Waals surface area (Å²) in [5.41, 5.74) is 1.72. The maximum absolute atomic E-state index is 13.9. The van der Waals surface area contributed by atoms with Crippen LogP contribution in [0, 0.1) is 0 Å². The van der Waals surface area contributed by atoms with Crippen molar-refractivity contribution in [2.45, 2.75) is 26.8 Å². The third kappa shape index (κ3) is 5.57. The second kappa shape index (κ2) is 12.0. The summed E-state index contributed by atoms with van der Waals surface area (Å²) in [5.74, 6) is 0.545. The van der Waals surface area contributed by atoms with Crippen molar-refractivity contribution in [3.63, 3.8) is 0 Å². The van der Waals surface area contributed by atoms with Gasteiger partial charge >= 0.3 is 5.97 Å². The Morgan fingerprint density at radius 3 is 2.55 bits per heavy atom. The van der Waals surface area contributed by atoms with Crippen LogP contribution in [0.25, 0.3) is 6.08 Å². The highest BCUT2D eigenvalue weighted by Gasteiger charge is 2.33. The van der Waals surface area contributed by atoms with Gasteiger partial charge in [-0.2, -0.15) is 0 Å². The molecule has 3 aromatic rings. The molecule has 0 unspecified atom stereocenters. The van der Waals surface area contributed by atoms with Crippen LogP contribution in [-0.2, 0) is 9.53 Å². The summed E-state index contributed by atoms with van der Waals surface area (Å²) < 4.78 is 18.6. The minimum absolute atomic E-state index is 0.193. The Labute approximate surface area is 233 Å². The smallest absolute Gasteiger partial charge is 0.338 e. The zero-order valence-electron chi connectivity index (χ0n) is 21.1. The van der Waals surface area contributed by atoms with E-state index in [9.17, 15) is 9.59 Å². The minimum Gasteiger partial charge on any atom is -0.494 e. The molecule has 0 amide bonds. The number of rotatable bonds is 9. The van der Waals surface area contributed by atoms with Gasteiger partial charge in [0.2, 0.25) is 0 Å². The van der Waals surface area contributed by atoms with Gasteiger partial charge in [-0.1, -0.05) is 59.3 Å². The van der Waals surface area contributed by atoms with Gasteiger partial charge in [-0.15, -0.1) is 0 Å². The highest BCUT2D eigenvalue weighted by molar-refractivity contribution is 7.07. The second-order valence-electron chi connectivity index (χ2n) is 8.21. The van der Waals surface area contributed by atoms with Crippen molar-refractivity contribution in [3.8, 4) is 11.5 Å². The number of esters is 1. The number of nitrogens with zero attached hydrogens (tertiary/aromatic N) is 2. The van der Waals surface area contributed by atoms with Gasteiger partial charge in [-0.25, -0.2) is 9.79 Å². The Bertz CT molecular complexity index is 1590. The van der Waals surface area contributed by atoms with Gasteiger partial charge in [0.1, 0.15) is 18.1 Å². The predicted octanol–water partition coefficient (Wildman–Crippen LogP) is 5.07. The summed E-state index contributed by atoms with van der Waals surface area (Å²) in [4.78, 5) is 32.0. The van der Waals surface area contributed by atoms with Crippen LogP contribution in [0.3, 0.4) is 0 Å². The molecule has 10 heteroatoms. The number of hydrogen-bond acceptors (Lipinski definition) is 7. The Morgan fingerprint density at radius 1 is 1.16 bits per heavy atom. The fourth-order valence-corrected chi connectivity index (χ4v) is 5.74. The van der Waals surface area contributed by atoms with Crippen LogP contribution in [0.5, 0.6) is 11.5 Å². The van der Waals surface area contributed by atoms with Crippen LogP contribution < -0.4 is 24.4 Å². The standard InChI is InChI=1S/C28H26Cl2N2O5S/c1-5-12-37-25-18(13-19(29)15-21(25)30)14-22-26(33)32-24(17-8-10-20(11-9-17)35-6-2)23(27(34)36-7-3)16(4)31-28(32)38-22/h5,8-11,13-15,24H,1,6-7,12H2,2-4H3/b22-14-/t24-/m0/s1. The SMILES string of the molecule is C=CCOc1c(Cl)cc(Cl)cc1/C=c1\sc2n(c1=O)[C@@H](c1ccc(OCC)cc1)C(C(=O)OCC)=C(C)N=2. The number of carbonyl (C=O) groups is 1. The van der Waals surface area contributed by atoms with Crippen LogP contribution in [0.15, 0.2) is 70.1 Å². The monoisotopic (exact) mass is 572 g/mol. The van der Waals surface area contributed by atoms with Gasteiger partial charge in [0.05, 0.1) is 40.1 Å². The number of hydrogen-bond donors (Lipinski definition) is 0. The molecule has 198 valence electrons. The van der Waals surface area contributed by atoms with Gasteiger partial charge in [-0.05, 0) is 56.7 Å². The van der Waals surface area contributed by atoms with Crippen molar-refractivity contribution in [3.05, 3.63) is 101 Å². The highest BCUT2D eigenvalue weighted by Crippen LogP contribution is 2.34. The van der Waals surface area contributed by atoms with E-state index in [1.54, 1.807) is 38.1 Å². The predicted molar refractivity (Wildman–Crippen MR) is 150 cm³/mol. The van der Waals surface area contributed by atoms with Crippen molar-refractivity contribution in [2.24, 2.45) is 4.99 Å². The molecule has 1 aliphatic heterocycles. The second-order valence-corrected chi connectivity index (χ2v) is 10.1. The van der Waals surface area contributed by atoms with E-state index in [-0.39, 0.29) is 18.8 Å². The first-order chi connectivity index (χ1) is 18.3. The van der Waals surface area contributed by atoms with E-state index in [4.69, 9.17) is 37.4 Å². The quantitative estimate of drug-likeness (QED) is 0.264. The molecule has 0 aliphatic carbocycles. The lowest BCUT2D eigenvalue weighted by atomic mass is 9.96. The third-order valence-electron chi connectivity index (χ3n) is 5.69. The number of fused-ring (bicyclic) bond motifs is 1. The number of ether oxygens (including phenoxy) is 3. The lowest BCUT2D eigenvalue weighted by molar-refractivity contribution is -0.139. The minimum atomic E-state index is -0.734. The van der Waals surface area contributed by atoms with Crippen molar-refractivity contribution < 1.29 is 19.0 Å². The van der Waals surface area contributed by atoms with Crippen LogP contribution in [0.1, 0.15) is 37.9 Å². The van der Waals surface area contributed by atoms with E-state index >= 15 is 0 Å². The summed E-state index contributed by atoms with van der Waals surface area (Å²) in [6, 6.07) is 9.80. The zero-order chi connectivity index (χ0) is 27.4. The topological polar surface area (TPSA) is 79.1 Å². The molecule has 2 aromatic carbocycles. The Morgan fingerprint density at radius 2 is 1.89 bits per heavy atom. The maximum atomic E-state index is 13.9. The normalized spacial score (nSPS) is 15.1. The third-order valence-corrected chi connectivity index (χ3v) is 7.18. The van der Waals surface area contributed by atoms with Gasteiger partial charge in [0, 0.05) is 10.6 Å². The van der Waals surface area contributed by atoms with Crippen molar-refractivity contribution in [1.82, 2.24) is 4.57 Å². The van der Waals surface area contributed by atoms with E-state index in [1.165, 1.54) is 15.9 Å². The first-order valence-corrected chi connectivity index (χ1v) is 13.5. The average Bonchev–Trinajstić information content (AvgIpc) is 3.17. The summed E-state index contributed by atoms with van der Waals surface area (Å²) in [6.45, 7) is 9.98. The zero-order valence-corrected chi connectivity index (χ0v) is 23.5. The summed E-state index contributed by atoms with van der Waals surface area (Å²) in [5, 5.41) is 0.707. The molecule has 0 radical (unpaired) electrons. The molecule has 2 heterocycles. The number of thiazole rings is 1. The molecule has 0 saturated carbocycles. The molecule has 4 rings (SSSR count). The average molecular weight is 573 g/mol. The fraction of sp³-hybridized carbons (Fsp3) is 0.250. The van der Waals surface area contributed by atoms with E-state index in [2.05, 4.69) is 11.6 Å². The van der Waals surface area contributed by atoms with Crippen LogP contribution in [0.4, 0.5) is 0 Å². The summed E-state index contributed by atoms with van der Waals surface area (Å²) in [7, 11) is 0. The van der Waals surface area contributed by atoms with Gasteiger partial charge < -0.3 is 14.2 Å².